The van der Waals surface area contributed by atoms with Gasteiger partial charge in [0.2, 0.25) is 5.91 Å². The number of hydrogen-bond donors (Lipinski definition) is 2. The largest absolute Gasteiger partial charge is 0.312 e. The average molecular weight is 253 g/mol. The van der Waals surface area contributed by atoms with Crippen molar-refractivity contribution in [1.29, 1.82) is 0 Å². The normalized spacial score (nSPS) is 13.1. The Morgan fingerprint density at radius 1 is 1.60 bits per heavy atom. The number of carbonyl (C=O) groups is 1. The van der Waals surface area contributed by atoms with Gasteiger partial charge in [-0.05, 0) is 0 Å². The van der Waals surface area contributed by atoms with Gasteiger partial charge in [0.1, 0.15) is 11.6 Å². The maximum atomic E-state index is 10.8. The van der Waals surface area contributed by atoms with Gasteiger partial charge in [0.15, 0.2) is 0 Å². The van der Waals surface area contributed by atoms with Crippen LogP contribution in [0.5, 0.6) is 0 Å². The predicted molar refractivity (Wildman–Crippen MR) is 62.7 cm³/mol. The van der Waals surface area contributed by atoms with E-state index in [2.05, 4.69) is 15.6 Å². The molecule has 0 aliphatic carbocycles. The first-order chi connectivity index (χ1) is 6.27. The lowest BCUT2D eigenvalue weighted by Crippen LogP contribution is -2.29. The van der Waals surface area contributed by atoms with E-state index in [1.54, 1.807) is 6.20 Å². The summed E-state index contributed by atoms with van der Waals surface area (Å²) in [4.78, 5) is 15.0. The van der Waals surface area contributed by atoms with Crippen LogP contribution in [0.3, 0.4) is 0 Å². The number of nitrogens with one attached hydrogen (secondary N) is 2. The molecule has 1 aliphatic heterocycles. The molecule has 0 radical (unpaired) electrons. The van der Waals surface area contributed by atoms with E-state index >= 15 is 0 Å². The van der Waals surface area contributed by atoms with Crippen molar-refractivity contribution in [2.75, 3.05) is 11.9 Å². The lowest BCUT2D eigenvalue weighted by Gasteiger charge is -2.17. The average Bonchev–Trinajstić information content (AvgIpc) is 2.48. The summed E-state index contributed by atoms with van der Waals surface area (Å²) in [6.07, 6.45) is 1.70. The molecule has 15 heavy (non-hydrogen) atoms. The molecule has 1 aromatic rings. The first kappa shape index (κ1) is 14.2. The fourth-order valence-electron chi connectivity index (χ4n) is 1.48. The summed E-state index contributed by atoms with van der Waals surface area (Å²) in [5.74, 6) is 1.72. The molecule has 0 fully saturated rings. The Hall–Kier alpha value is -0.780. The van der Waals surface area contributed by atoms with Crippen LogP contribution < -0.4 is 10.6 Å². The maximum Gasteiger partial charge on any atom is 0.222 e. The zero-order valence-electron chi connectivity index (χ0n) is 8.32. The van der Waals surface area contributed by atoms with Gasteiger partial charge in [-0.15, -0.1) is 24.8 Å². The molecule has 5 nitrogen and oxygen atoms in total. The topological polar surface area (TPSA) is 59.0 Å². The Morgan fingerprint density at radius 2 is 2.33 bits per heavy atom. The summed E-state index contributed by atoms with van der Waals surface area (Å²) in [5.41, 5.74) is 0. The summed E-state index contributed by atoms with van der Waals surface area (Å²) in [5, 5.41) is 5.96. The number of imidazole rings is 1. The van der Waals surface area contributed by atoms with Gasteiger partial charge < -0.3 is 15.2 Å². The molecule has 86 valence electrons. The second-order valence-corrected chi connectivity index (χ2v) is 3.07. The van der Waals surface area contributed by atoms with Gasteiger partial charge in [-0.3, -0.25) is 4.79 Å². The molecule has 0 unspecified atom stereocenters. The zero-order chi connectivity index (χ0) is 9.26. The third-order valence-corrected chi connectivity index (χ3v) is 2.04. The fourth-order valence-corrected chi connectivity index (χ4v) is 1.48. The van der Waals surface area contributed by atoms with Gasteiger partial charge in [0.25, 0.3) is 0 Å². The molecule has 0 saturated heterocycles. The SMILES string of the molecule is CC(=O)Nc1cnc2n1CCNC2.Cl.Cl. The number of amides is 1. The van der Waals surface area contributed by atoms with Gasteiger partial charge >= 0.3 is 0 Å². The van der Waals surface area contributed by atoms with Gasteiger partial charge in [0.05, 0.1) is 12.7 Å². The van der Waals surface area contributed by atoms with Crippen molar-refractivity contribution in [3.63, 3.8) is 0 Å². The second-order valence-electron chi connectivity index (χ2n) is 3.07. The standard InChI is InChI=1S/C8H12N4O.2ClH/c1-6(13)11-8-5-10-7-4-9-2-3-12(7)8;;/h5,9H,2-4H2,1H3,(H,11,13);2*1H. The summed E-state index contributed by atoms with van der Waals surface area (Å²) < 4.78 is 2.03. The van der Waals surface area contributed by atoms with Crippen molar-refractivity contribution in [3.8, 4) is 0 Å². The van der Waals surface area contributed by atoms with E-state index in [9.17, 15) is 4.79 Å². The Balaban J connectivity index is 0.000000980. The van der Waals surface area contributed by atoms with Crippen molar-refractivity contribution in [2.24, 2.45) is 0 Å². The van der Waals surface area contributed by atoms with Crippen LogP contribution in [-0.4, -0.2) is 22.0 Å². The van der Waals surface area contributed by atoms with Crippen molar-refractivity contribution >= 4 is 36.5 Å². The number of halogens is 2. The Morgan fingerprint density at radius 3 is 3.00 bits per heavy atom. The van der Waals surface area contributed by atoms with Crippen molar-refractivity contribution in [3.05, 3.63) is 12.0 Å². The highest BCUT2D eigenvalue weighted by molar-refractivity contribution is 5.87. The minimum atomic E-state index is -0.0544. The molecule has 1 amide bonds. The van der Waals surface area contributed by atoms with Crippen molar-refractivity contribution in [1.82, 2.24) is 14.9 Å². The van der Waals surface area contributed by atoms with E-state index in [1.807, 2.05) is 4.57 Å². The quantitative estimate of drug-likeness (QED) is 0.777. The Kier molecular flexibility index (Phi) is 5.64. The monoisotopic (exact) mass is 252 g/mol. The van der Waals surface area contributed by atoms with E-state index in [-0.39, 0.29) is 30.7 Å². The molecule has 1 aromatic heterocycles. The minimum absolute atomic E-state index is 0. The van der Waals surface area contributed by atoms with E-state index in [0.717, 1.165) is 31.3 Å². The van der Waals surface area contributed by atoms with Gasteiger partial charge in [-0.2, -0.15) is 0 Å². The first-order valence-electron chi connectivity index (χ1n) is 4.30. The summed E-state index contributed by atoms with van der Waals surface area (Å²) in [6.45, 7) is 4.07. The number of rotatable bonds is 1. The lowest BCUT2D eigenvalue weighted by atomic mass is 10.4. The summed E-state index contributed by atoms with van der Waals surface area (Å²) >= 11 is 0. The molecule has 0 aromatic carbocycles. The smallest absolute Gasteiger partial charge is 0.222 e. The van der Waals surface area contributed by atoms with E-state index < -0.39 is 0 Å². The molecule has 2 heterocycles. The van der Waals surface area contributed by atoms with Crippen molar-refractivity contribution < 1.29 is 4.79 Å². The molecular formula is C8H14Cl2N4O. The predicted octanol–water partition coefficient (Wildman–Crippen LogP) is 0.788. The van der Waals surface area contributed by atoms with Crippen LogP contribution in [0.1, 0.15) is 12.7 Å². The van der Waals surface area contributed by atoms with Gasteiger partial charge in [0, 0.05) is 20.0 Å². The van der Waals surface area contributed by atoms with Gasteiger partial charge in [-0.25, -0.2) is 4.98 Å². The summed E-state index contributed by atoms with van der Waals surface area (Å²) in [6, 6.07) is 0. The number of nitrogens with zero attached hydrogens (tertiary/aromatic N) is 2. The van der Waals surface area contributed by atoms with Crippen LogP contribution in [0.15, 0.2) is 6.20 Å². The highest BCUT2D eigenvalue weighted by Gasteiger charge is 2.13. The lowest BCUT2D eigenvalue weighted by molar-refractivity contribution is -0.114. The number of carbonyl (C=O) groups excluding carboxylic acids is 1. The van der Waals surface area contributed by atoms with Crippen molar-refractivity contribution in [2.45, 2.75) is 20.0 Å². The minimum Gasteiger partial charge on any atom is -0.312 e. The third kappa shape index (κ3) is 3.09. The third-order valence-electron chi connectivity index (χ3n) is 2.04. The van der Waals surface area contributed by atoms with Crippen LogP contribution in [0.4, 0.5) is 5.82 Å². The van der Waals surface area contributed by atoms with Crippen LogP contribution in [0.2, 0.25) is 0 Å². The highest BCUT2D eigenvalue weighted by atomic mass is 35.5. The molecule has 0 atom stereocenters. The number of anilines is 1. The van der Waals surface area contributed by atoms with Crippen LogP contribution in [0.25, 0.3) is 0 Å². The Bertz CT molecular complexity index is 339. The molecule has 0 bridgehead atoms. The molecule has 7 heteroatoms. The molecule has 2 rings (SSSR count). The molecule has 0 saturated carbocycles. The Labute approximate surface area is 100 Å². The van der Waals surface area contributed by atoms with Crippen LogP contribution in [0, 0.1) is 0 Å². The van der Waals surface area contributed by atoms with E-state index in [1.165, 1.54) is 6.92 Å². The summed E-state index contributed by atoms with van der Waals surface area (Å²) in [7, 11) is 0. The zero-order valence-corrected chi connectivity index (χ0v) is 9.95. The number of hydrogen-bond acceptors (Lipinski definition) is 3. The van der Waals surface area contributed by atoms with E-state index in [0.29, 0.717) is 0 Å². The second kappa shape index (κ2) is 5.95. The molecule has 0 spiro atoms. The van der Waals surface area contributed by atoms with Crippen LogP contribution >= 0.6 is 24.8 Å². The maximum absolute atomic E-state index is 10.8. The first-order valence-corrected chi connectivity index (χ1v) is 4.30. The highest BCUT2D eigenvalue weighted by Crippen LogP contribution is 2.13. The fraction of sp³-hybridized carbons (Fsp3) is 0.500. The van der Waals surface area contributed by atoms with E-state index in [4.69, 9.17) is 0 Å². The van der Waals surface area contributed by atoms with Crippen LogP contribution in [-0.2, 0) is 17.9 Å². The molecule has 1 aliphatic rings. The molecular weight excluding hydrogens is 239 g/mol. The molecule has 2 N–H and O–H groups in total. The number of aromatic nitrogens is 2. The number of fused-ring (bicyclic) bond motifs is 1. The van der Waals surface area contributed by atoms with Gasteiger partial charge in [-0.1, -0.05) is 0 Å².